The van der Waals surface area contributed by atoms with Crippen LogP contribution in [0.1, 0.15) is 42.5 Å². The van der Waals surface area contributed by atoms with Gasteiger partial charge in [0.15, 0.2) is 17.5 Å². The van der Waals surface area contributed by atoms with Crippen molar-refractivity contribution < 1.29 is 9.13 Å². The lowest BCUT2D eigenvalue weighted by Gasteiger charge is -2.19. The van der Waals surface area contributed by atoms with E-state index in [-0.39, 0.29) is 11.9 Å². The fraction of sp³-hybridized carbons (Fsp3) is 0.455. The Kier molecular flexibility index (Phi) is 6.85. The summed E-state index contributed by atoms with van der Waals surface area (Å²) in [4.78, 5) is 8.38. The third-order valence-corrected chi connectivity index (χ3v) is 5.03. The van der Waals surface area contributed by atoms with Crippen LogP contribution in [0.5, 0.6) is 5.75 Å². The number of aryl methyl sites for hydroxylation is 1. The number of nitrogens with one attached hydrogen (secondary N) is 2. The van der Waals surface area contributed by atoms with Crippen LogP contribution >= 0.6 is 0 Å². The molecule has 0 radical (unpaired) electrons. The Bertz CT molecular complexity index is 820. The van der Waals surface area contributed by atoms with E-state index in [9.17, 15) is 4.39 Å². The Morgan fingerprint density at radius 3 is 2.86 bits per heavy atom. The van der Waals surface area contributed by atoms with Gasteiger partial charge in [-0.25, -0.2) is 4.39 Å². The van der Waals surface area contributed by atoms with Crippen molar-refractivity contribution in [1.29, 1.82) is 0 Å². The Morgan fingerprint density at radius 1 is 1.36 bits per heavy atom. The molecule has 1 fully saturated rings. The highest BCUT2D eigenvalue weighted by atomic mass is 19.1. The summed E-state index contributed by atoms with van der Waals surface area (Å²) in [5.41, 5.74) is 3.29. The Balaban J connectivity index is 1.50. The second-order valence-corrected chi connectivity index (χ2v) is 7.36. The molecule has 1 atom stereocenters. The summed E-state index contributed by atoms with van der Waals surface area (Å²) >= 11 is 0. The van der Waals surface area contributed by atoms with Gasteiger partial charge in [-0.3, -0.25) is 9.98 Å². The molecule has 2 aromatic rings. The molecule has 0 amide bonds. The summed E-state index contributed by atoms with van der Waals surface area (Å²) in [5, 5.41) is 6.62. The largest absolute Gasteiger partial charge is 0.490 e. The van der Waals surface area contributed by atoms with Crippen molar-refractivity contribution >= 4 is 5.96 Å². The van der Waals surface area contributed by atoms with E-state index in [1.54, 1.807) is 13.1 Å². The second kappa shape index (κ2) is 9.53. The van der Waals surface area contributed by atoms with E-state index in [0.717, 1.165) is 18.5 Å². The van der Waals surface area contributed by atoms with Crippen molar-refractivity contribution in [1.82, 2.24) is 15.6 Å². The van der Waals surface area contributed by atoms with E-state index >= 15 is 0 Å². The molecule has 1 aromatic carbocycles. The molecular weight excluding hydrogens is 355 g/mol. The van der Waals surface area contributed by atoms with Gasteiger partial charge in [-0.15, -0.1) is 0 Å². The van der Waals surface area contributed by atoms with Crippen molar-refractivity contribution in [3.05, 3.63) is 59.2 Å². The number of nitrogens with zero attached hydrogens (tertiary/aromatic N) is 2. The van der Waals surface area contributed by atoms with Crippen LogP contribution in [0.2, 0.25) is 0 Å². The van der Waals surface area contributed by atoms with E-state index < -0.39 is 0 Å². The average Bonchev–Trinajstić information content (AvgIpc) is 3.52. The first kappa shape index (κ1) is 20.1. The van der Waals surface area contributed by atoms with Crippen LogP contribution in [0.3, 0.4) is 0 Å². The normalized spacial score (nSPS) is 15.2. The van der Waals surface area contributed by atoms with Crippen molar-refractivity contribution in [2.24, 2.45) is 10.9 Å². The first-order valence-electron chi connectivity index (χ1n) is 9.85. The number of hydrogen-bond acceptors (Lipinski definition) is 3. The predicted molar refractivity (Wildman–Crippen MR) is 110 cm³/mol. The number of ether oxygens (including phenoxy) is 1. The van der Waals surface area contributed by atoms with E-state index in [0.29, 0.717) is 24.2 Å². The minimum absolute atomic E-state index is 0.0826. The Labute approximate surface area is 166 Å². The first-order valence-corrected chi connectivity index (χ1v) is 9.85. The molecule has 1 aliphatic carbocycles. The summed E-state index contributed by atoms with van der Waals surface area (Å²) in [6, 6.07) is 7.10. The van der Waals surface area contributed by atoms with Crippen molar-refractivity contribution in [2.45, 2.75) is 39.2 Å². The van der Waals surface area contributed by atoms with Gasteiger partial charge in [0.2, 0.25) is 0 Å². The van der Waals surface area contributed by atoms with Gasteiger partial charge in [0.1, 0.15) is 0 Å². The average molecular weight is 384 g/mol. The van der Waals surface area contributed by atoms with Crippen LogP contribution in [0.15, 0.2) is 41.7 Å². The lowest BCUT2D eigenvalue weighted by Crippen LogP contribution is -2.39. The molecule has 0 aliphatic heterocycles. The maximum atomic E-state index is 14.3. The molecule has 5 nitrogen and oxygen atoms in total. The molecule has 1 saturated carbocycles. The molecular formula is C22H29FN4O. The third kappa shape index (κ3) is 5.68. The lowest BCUT2D eigenvalue weighted by atomic mass is 10.1. The molecule has 150 valence electrons. The van der Waals surface area contributed by atoms with Gasteiger partial charge in [-0.2, -0.15) is 0 Å². The first-order chi connectivity index (χ1) is 13.6. The topological polar surface area (TPSA) is 58.5 Å². The molecule has 0 bridgehead atoms. The van der Waals surface area contributed by atoms with Crippen molar-refractivity contribution in [3.8, 4) is 5.75 Å². The smallest absolute Gasteiger partial charge is 0.191 e. The highest BCUT2D eigenvalue weighted by Gasteiger charge is 2.22. The van der Waals surface area contributed by atoms with Gasteiger partial charge in [-0.1, -0.05) is 6.07 Å². The zero-order valence-corrected chi connectivity index (χ0v) is 16.8. The minimum Gasteiger partial charge on any atom is -0.490 e. The third-order valence-electron chi connectivity index (χ3n) is 5.03. The van der Waals surface area contributed by atoms with Gasteiger partial charge in [0.05, 0.1) is 12.6 Å². The number of benzene rings is 1. The summed E-state index contributed by atoms with van der Waals surface area (Å²) < 4.78 is 19.9. The molecule has 1 aliphatic rings. The maximum Gasteiger partial charge on any atom is 0.191 e. The molecule has 1 unspecified atom stereocenters. The lowest BCUT2D eigenvalue weighted by molar-refractivity contribution is 0.285. The SMILES string of the molecule is CN=C(NCCc1ccncc1C)NC(C)c1ccc(OCC2CC2)c(F)c1. The summed E-state index contributed by atoms with van der Waals surface area (Å²) in [7, 11) is 1.73. The van der Waals surface area contributed by atoms with Crippen LogP contribution in [-0.4, -0.2) is 31.1 Å². The van der Waals surface area contributed by atoms with Crippen LogP contribution in [0.25, 0.3) is 0 Å². The molecule has 2 N–H and O–H groups in total. The van der Waals surface area contributed by atoms with Gasteiger partial charge >= 0.3 is 0 Å². The molecule has 0 spiro atoms. The van der Waals surface area contributed by atoms with Gasteiger partial charge in [0.25, 0.3) is 0 Å². The van der Waals surface area contributed by atoms with Gasteiger partial charge < -0.3 is 15.4 Å². The monoisotopic (exact) mass is 384 g/mol. The molecule has 1 aromatic heterocycles. The number of hydrogen-bond donors (Lipinski definition) is 2. The van der Waals surface area contributed by atoms with E-state index in [1.165, 1.54) is 30.0 Å². The van der Waals surface area contributed by atoms with Crippen LogP contribution < -0.4 is 15.4 Å². The summed E-state index contributed by atoms with van der Waals surface area (Å²) in [6.45, 7) is 5.40. The van der Waals surface area contributed by atoms with Crippen molar-refractivity contribution in [2.75, 3.05) is 20.2 Å². The van der Waals surface area contributed by atoms with E-state index in [4.69, 9.17) is 4.74 Å². The Morgan fingerprint density at radius 2 is 2.18 bits per heavy atom. The van der Waals surface area contributed by atoms with Crippen LogP contribution in [0, 0.1) is 18.7 Å². The van der Waals surface area contributed by atoms with Crippen LogP contribution in [0.4, 0.5) is 4.39 Å². The summed E-state index contributed by atoms with van der Waals surface area (Å²) in [5.74, 6) is 1.31. The maximum absolute atomic E-state index is 14.3. The quantitative estimate of drug-likeness (QED) is 0.537. The molecule has 6 heteroatoms. The second-order valence-electron chi connectivity index (χ2n) is 7.36. The zero-order valence-electron chi connectivity index (χ0n) is 16.8. The number of pyridine rings is 1. The fourth-order valence-corrected chi connectivity index (χ4v) is 2.98. The number of rotatable bonds is 8. The molecule has 3 rings (SSSR count). The number of aromatic nitrogens is 1. The number of halogens is 1. The van der Waals surface area contributed by atoms with E-state index in [2.05, 4.69) is 27.5 Å². The zero-order chi connectivity index (χ0) is 19.9. The molecule has 0 saturated heterocycles. The highest BCUT2D eigenvalue weighted by Crippen LogP contribution is 2.30. The predicted octanol–water partition coefficient (Wildman–Crippen LogP) is 3.79. The standard InChI is InChI=1S/C22H29FN4O/c1-15-13-25-10-8-18(15)9-11-26-22(24-3)27-16(2)19-6-7-21(20(23)12-19)28-14-17-4-5-17/h6-8,10,12-13,16-17H,4-5,9,11,14H2,1-3H3,(H2,24,26,27). The van der Waals surface area contributed by atoms with Crippen LogP contribution in [-0.2, 0) is 6.42 Å². The minimum atomic E-state index is -0.317. The van der Waals surface area contributed by atoms with Gasteiger partial charge in [0, 0.05) is 26.0 Å². The van der Waals surface area contributed by atoms with Crippen molar-refractivity contribution in [3.63, 3.8) is 0 Å². The molecule has 1 heterocycles. The number of guanidine groups is 1. The summed E-state index contributed by atoms with van der Waals surface area (Å²) in [6.07, 6.45) is 6.94. The Hall–Kier alpha value is -2.63. The number of aliphatic imine (C=N–C) groups is 1. The van der Waals surface area contributed by atoms with Gasteiger partial charge in [-0.05, 0) is 73.9 Å². The molecule has 28 heavy (non-hydrogen) atoms. The fourth-order valence-electron chi connectivity index (χ4n) is 2.98. The highest BCUT2D eigenvalue weighted by molar-refractivity contribution is 5.80. The van der Waals surface area contributed by atoms with E-state index in [1.807, 2.05) is 31.5 Å².